The molecule has 3 heteroatoms. The molecule has 0 radical (unpaired) electrons. The minimum Gasteiger partial charge on any atom is -0.170 e. The van der Waals surface area contributed by atoms with Gasteiger partial charge < -0.3 is 0 Å². The Morgan fingerprint density at radius 1 is 1.00 bits per heavy atom. The van der Waals surface area contributed by atoms with Crippen LogP contribution in [-0.2, 0) is 0 Å². The van der Waals surface area contributed by atoms with Crippen molar-refractivity contribution in [2.75, 3.05) is 0 Å². The van der Waals surface area contributed by atoms with Crippen molar-refractivity contribution >= 4 is 0 Å². The Labute approximate surface area is 133 Å². The summed E-state index contributed by atoms with van der Waals surface area (Å²) in [6.07, 6.45) is 4.54. The number of halogens is 3. The molecule has 0 aliphatic heterocycles. The Hall–Kier alpha value is -0.210. The van der Waals surface area contributed by atoms with Crippen LogP contribution in [0, 0.1) is 34.5 Å². The van der Waals surface area contributed by atoms with Gasteiger partial charge in [0, 0.05) is 0 Å². The second-order valence-corrected chi connectivity index (χ2v) is 9.02. The van der Waals surface area contributed by atoms with Crippen molar-refractivity contribution in [1.29, 1.82) is 0 Å². The molecule has 4 atom stereocenters. The maximum atomic E-state index is 13.5. The van der Waals surface area contributed by atoms with E-state index in [9.17, 15) is 13.2 Å². The largest absolute Gasteiger partial charge is 0.394 e. The van der Waals surface area contributed by atoms with Crippen molar-refractivity contribution in [1.82, 2.24) is 0 Å². The first-order chi connectivity index (χ1) is 10.2. The molecule has 128 valence electrons. The van der Waals surface area contributed by atoms with Gasteiger partial charge in [0.1, 0.15) is 0 Å². The summed E-state index contributed by atoms with van der Waals surface area (Å²) in [6.45, 7) is 6.48. The smallest absolute Gasteiger partial charge is 0.170 e. The average molecular weight is 316 g/mol. The van der Waals surface area contributed by atoms with E-state index in [1.54, 1.807) is 0 Å². The molecule has 0 aromatic heterocycles. The van der Waals surface area contributed by atoms with E-state index in [0.717, 1.165) is 31.1 Å². The summed E-state index contributed by atoms with van der Waals surface area (Å²) in [5.74, 6) is 1.92. The fourth-order valence-corrected chi connectivity index (χ4v) is 5.91. The molecule has 0 N–H and O–H groups in total. The van der Waals surface area contributed by atoms with Gasteiger partial charge in [-0.25, -0.2) is 0 Å². The standard InChI is InChI=1S/C19H31F3/c1-13(2)16-12-17(16)7-4-6-15(11-17)10-14(3)18(8-5-9-18)19(20,21)22/h13-16H,4-12H2,1-3H3. The monoisotopic (exact) mass is 316 g/mol. The third-order valence-electron chi connectivity index (χ3n) is 7.48. The fraction of sp³-hybridized carbons (Fsp3) is 1.00. The van der Waals surface area contributed by atoms with Gasteiger partial charge in [-0.1, -0.05) is 40.0 Å². The van der Waals surface area contributed by atoms with Crippen LogP contribution in [-0.4, -0.2) is 6.18 Å². The van der Waals surface area contributed by atoms with Crippen LogP contribution >= 0.6 is 0 Å². The summed E-state index contributed by atoms with van der Waals surface area (Å²) in [5.41, 5.74) is -0.833. The lowest BCUT2D eigenvalue weighted by Gasteiger charge is -2.49. The molecule has 0 nitrogen and oxygen atoms in total. The number of hydrogen-bond donors (Lipinski definition) is 0. The molecule has 3 aliphatic carbocycles. The Morgan fingerprint density at radius 2 is 1.68 bits per heavy atom. The van der Waals surface area contributed by atoms with Gasteiger partial charge in [0.15, 0.2) is 0 Å². The molecule has 3 rings (SSSR count). The molecule has 0 heterocycles. The van der Waals surface area contributed by atoms with Gasteiger partial charge in [0.05, 0.1) is 5.41 Å². The molecule has 0 amide bonds. The van der Waals surface area contributed by atoms with Gasteiger partial charge in [0.2, 0.25) is 0 Å². The molecule has 4 unspecified atom stereocenters. The van der Waals surface area contributed by atoms with E-state index in [0.29, 0.717) is 24.2 Å². The zero-order valence-corrected chi connectivity index (χ0v) is 14.3. The van der Waals surface area contributed by atoms with E-state index in [-0.39, 0.29) is 5.92 Å². The predicted octanol–water partition coefficient (Wildman–Crippen LogP) is 6.60. The summed E-state index contributed by atoms with van der Waals surface area (Å²) < 4.78 is 40.5. The molecule has 3 aliphatic rings. The van der Waals surface area contributed by atoms with Crippen molar-refractivity contribution < 1.29 is 13.2 Å². The minimum absolute atomic E-state index is 0.197. The summed E-state index contributed by atoms with van der Waals surface area (Å²) in [6, 6.07) is 0. The van der Waals surface area contributed by atoms with Crippen LogP contribution in [0.2, 0.25) is 0 Å². The van der Waals surface area contributed by atoms with Crippen LogP contribution in [0.25, 0.3) is 0 Å². The predicted molar refractivity (Wildman–Crippen MR) is 83.5 cm³/mol. The van der Waals surface area contributed by atoms with Crippen molar-refractivity contribution in [2.24, 2.45) is 34.5 Å². The first-order valence-corrected chi connectivity index (χ1v) is 9.27. The van der Waals surface area contributed by atoms with Crippen LogP contribution in [0.3, 0.4) is 0 Å². The molecule has 3 saturated carbocycles. The van der Waals surface area contributed by atoms with Crippen LogP contribution in [0.1, 0.15) is 78.6 Å². The Bertz CT molecular complexity index is 407. The Balaban J connectivity index is 1.61. The van der Waals surface area contributed by atoms with Gasteiger partial charge in [-0.05, 0) is 67.6 Å². The van der Waals surface area contributed by atoms with Crippen LogP contribution in [0.4, 0.5) is 13.2 Å². The zero-order valence-electron chi connectivity index (χ0n) is 14.3. The summed E-state index contributed by atoms with van der Waals surface area (Å²) in [5, 5.41) is 0. The minimum atomic E-state index is -4.00. The molecular weight excluding hydrogens is 285 g/mol. The highest BCUT2D eigenvalue weighted by Gasteiger charge is 2.62. The molecule has 0 saturated heterocycles. The number of hydrogen-bond acceptors (Lipinski definition) is 0. The molecule has 0 aromatic carbocycles. The van der Waals surface area contributed by atoms with Gasteiger partial charge in [-0.3, -0.25) is 0 Å². The van der Waals surface area contributed by atoms with Gasteiger partial charge in [0.25, 0.3) is 0 Å². The third-order valence-corrected chi connectivity index (χ3v) is 7.48. The summed E-state index contributed by atoms with van der Waals surface area (Å²) >= 11 is 0. The molecule has 1 spiro atoms. The maximum Gasteiger partial charge on any atom is 0.394 e. The second kappa shape index (κ2) is 5.41. The maximum absolute atomic E-state index is 13.5. The van der Waals surface area contributed by atoms with E-state index in [2.05, 4.69) is 13.8 Å². The van der Waals surface area contributed by atoms with Crippen LogP contribution in [0.5, 0.6) is 0 Å². The quantitative estimate of drug-likeness (QED) is 0.548. The van der Waals surface area contributed by atoms with Crippen molar-refractivity contribution in [2.45, 2.75) is 84.7 Å². The Kier molecular flexibility index (Phi) is 4.09. The van der Waals surface area contributed by atoms with Crippen molar-refractivity contribution in [3.8, 4) is 0 Å². The molecule has 3 fully saturated rings. The normalized spacial score (nSPS) is 38.9. The Morgan fingerprint density at radius 3 is 2.14 bits per heavy atom. The lowest BCUT2D eigenvalue weighted by Crippen LogP contribution is -2.49. The first-order valence-electron chi connectivity index (χ1n) is 9.27. The summed E-state index contributed by atoms with van der Waals surface area (Å²) in [4.78, 5) is 0. The number of rotatable bonds is 4. The molecule has 0 aromatic rings. The SMILES string of the molecule is CC(C)C1CC12CCCC(CC(C)C1(C(F)(F)F)CCC1)C2. The second-order valence-electron chi connectivity index (χ2n) is 9.02. The van der Waals surface area contributed by atoms with E-state index in [4.69, 9.17) is 0 Å². The van der Waals surface area contributed by atoms with Gasteiger partial charge in [-0.15, -0.1) is 0 Å². The van der Waals surface area contributed by atoms with E-state index in [1.807, 2.05) is 6.92 Å². The average Bonchev–Trinajstić information content (AvgIpc) is 2.99. The van der Waals surface area contributed by atoms with E-state index >= 15 is 0 Å². The van der Waals surface area contributed by atoms with Crippen LogP contribution in [0.15, 0.2) is 0 Å². The third kappa shape index (κ3) is 2.60. The lowest BCUT2D eigenvalue weighted by atomic mass is 9.58. The topological polar surface area (TPSA) is 0 Å². The number of alkyl halides is 3. The van der Waals surface area contributed by atoms with E-state index in [1.165, 1.54) is 25.7 Å². The highest BCUT2D eigenvalue weighted by Crippen LogP contribution is 2.66. The fourth-order valence-electron chi connectivity index (χ4n) is 5.91. The lowest BCUT2D eigenvalue weighted by molar-refractivity contribution is -0.271. The molecular formula is C19H31F3. The summed E-state index contributed by atoms with van der Waals surface area (Å²) in [7, 11) is 0. The van der Waals surface area contributed by atoms with Crippen molar-refractivity contribution in [3.05, 3.63) is 0 Å². The van der Waals surface area contributed by atoms with Crippen molar-refractivity contribution in [3.63, 3.8) is 0 Å². The first kappa shape index (κ1) is 16.6. The molecule has 22 heavy (non-hydrogen) atoms. The zero-order chi connectivity index (χ0) is 16.2. The van der Waals surface area contributed by atoms with Gasteiger partial charge in [-0.2, -0.15) is 13.2 Å². The van der Waals surface area contributed by atoms with Crippen LogP contribution < -0.4 is 0 Å². The highest BCUT2D eigenvalue weighted by molar-refractivity contribution is 5.06. The highest BCUT2D eigenvalue weighted by atomic mass is 19.4. The molecule has 0 bridgehead atoms. The van der Waals surface area contributed by atoms with Gasteiger partial charge >= 0.3 is 6.18 Å². The van der Waals surface area contributed by atoms with E-state index < -0.39 is 11.6 Å².